The van der Waals surface area contributed by atoms with Crippen molar-refractivity contribution in [3.63, 3.8) is 0 Å². The van der Waals surface area contributed by atoms with Crippen LogP contribution in [0.2, 0.25) is 0 Å². The van der Waals surface area contributed by atoms with E-state index in [4.69, 9.17) is 10.5 Å². The number of hydrogen-bond donors (Lipinski definition) is 1. The van der Waals surface area contributed by atoms with Crippen LogP contribution >= 0.6 is 0 Å². The van der Waals surface area contributed by atoms with Gasteiger partial charge in [-0.15, -0.1) is 0 Å². The van der Waals surface area contributed by atoms with E-state index in [1.807, 2.05) is 0 Å². The fourth-order valence-corrected chi connectivity index (χ4v) is 1.67. The maximum atomic E-state index is 5.92. The van der Waals surface area contributed by atoms with Crippen molar-refractivity contribution < 1.29 is 4.74 Å². The van der Waals surface area contributed by atoms with Crippen molar-refractivity contribution in [1.82, 2.24) is 9.80 Å². The molecule has 1 fully saturated rings. The molecule has 2 unspecified atom stereocenters. The Morgan fingerprint density at radius 3 is 2.43 bits per heavy atom. The van der Waals surface area contributed by atoms with E-state index in [0.29, 0.717) is 5.92 Å². The molecule has 84 valence electrons. The molecule has 0 saturated carbocycles. The summed E-state index contributed by atoms with van der Waals surface area (Å²) in [6, 6.07) is 0.233. The van der Waals surface area contributed by atoms with Crippen LogP contribution in [0.15, 0.2) is 0 Å². The Kier molecular flexibility index (Phi) is 4.81. The predicted octanol–water partition coefficient (Wildman–Crippen LogP) is -0.546. The molecular formula is C10H23N3O. The molecule has 2 atom stereocenters. The van der Waals surface area contributed by atoms with E-state index in [9.17, 15) is 0 Å². The van der Waals surface area contributed by atoms with Gasteiger partial charge in [-0.3, -0.25) is 0 Å². The van der Waals surface area contributed by atoms with Gasteiger partial charge in [0.05, 0.1) is 13.2 Å². The number of likely N-dealkylation sites (N-methyl/N-ethyl adjacent to an activating group) is 2. The summed E-state index contributed by atoms with van der Waals surface area (Å²) >= 11 is 0. The lowest BCUT2D eigenvalue weighted by molar-refractivity contribution is 0.171. The first-order valence-corrected chi connectivity index (χ1v) is 5.26. The zero-order valence-corrected chi connectivity index (χ0v) is 9.57. The Balaban J connectivity index is 2.16. The minimum atomic E-state index is 0.233. The van der Waals surface area contributed by atoms with E-state index in [2.05, 4.69) is 30.9 Å². The molecule has 0 amide bonds. The largest absolute Gasteiger partial charge is 0.379 e. The summed E-state index contributed by atoms with van der Waals surface area (Å²) in [6.07, 6.45) is 0. The van der Waals surface area contributed by atoms with E-state index >= 15 is 0 Å². The number of hydrogen-bond acceptors (Lipinski definition) is 4. The van der Waals surface area contributed by atoms with Gasteiger partial charge in [0.15, 0.2) is 0 Å². The predicted molar refractivity (Wildman–Crippen MR) is 58.3 cm³/mol. The molecule has 0 spiro atoms. The summed E-state index contributed by atoms with van der Waals surface area (Å²) in [7, 11) is 6.34. The van der Waals surface area contributed by atoms with E-state index < -0.39 is 0 Å². The SMILES string of the molecule is CN(C)CCN(C)CC1COCC1N. The van der Waals surface area contributed by atoms with Crippen molar-refractivity contribution in [2.75, 3.05) is 54.0 Å². The smallest absolute Gasteiger partial charge is 0.0621 e. The Bertz CT molecular complexity index is 163. The van der Waals surface area contributed by atoms with Gasteiger partial charge in [0.25, 0.3) is 0 Å². The van der Waals surface area contributed by atoms with E-state index in [1.165, 1.54) is 0 Å². The first-order valence-electron chi connectivity index (χ1n) is 5.26. The van der Waals surface area contributed by atoms with Crippen LogP contribution in [0, 0.1) is 5.92 Å². The molecule has 0 aromatic carbocycles. The second-order valence-corrected chi connectivity index (χ2v) is 4.53. The van der Waals surface area contributed by atoms with Gasteiger partial charge in [-0.2, -0.15) is 0 Å². The van der Waals surface area contributed by atoms with E-state index in [0.717, 1.165) is 32.8 Å². The average Bonchev–Trinajstić information content (AvgIpc) is 2.49. The highest BCUT2D eigenvalue weighted by atomic mass is 16.5. The first-order chi connectivity index (χ1) is 6.59. The summed E-state index contributed by atoms with van der Waals surface area (Å²) in [5.41, 5.74) is 5.92. The molecule has 0 bridgehead atoms. The Morgan fingerprint density at radius 2 is 1.93 bits per heavy atom. The third-order valence-electron chi connectivity index (χ3n) is 2.72. The fourth-order valence-electron chi connectivity index (χ4n) is 1.67. The molecule has 14 heavy (non-hydrogen) atoms. The monoisotopic (exact) mass is 201 g/mol. The molecule has 0 radical (unpaired) electrons. The lowest BCUT2D eigenvalue weighted by Crippen LogP contribution is -2.39. The highest BCUT2D eigenvalue weighted by Gasteiger charge is 2.25. The molecule has 1 aliphatic heterocycles. The maximum absolute atomic E-state index is 5.92. The minimum Gasteiger partial charge on any atom is -0.379 e. The maximum Gasteiger partial charge on any atom is 0.0621 e. The van der Waals surface area contributed by atoms with Gasteiger partial charge < -0.3 is 20.3 Å². The second kappa shape index (κ2) is 5.66. The van der Waals surface area contributed by atoms with Crippen LogP contribution in [0.3, 0.4) is 0 Å². The lowest BCUT2D eigenvalue weighted by atomic mass is 10.0. The zero-order chi connectivity index (χ0) is 10.6. The van der Waals surface area contributed by atoms with Crippen LogP contribution in [-0.4, -0.2) is 69.8 Å². The van der Waals surface area contributed by atoms with Crippen LogP contribution in [0.4, 0.5) is 0 Å². The molecule has 4 heteroatoms. The summed E-state index contributed by atoms with van der Waals surface area (Å²) in [4.78, 5) is 4.53. The summed E-state index contributed by atoms with van der Waals surface area (Å²) in [5.74, 6) is 0.516. The summed E-state index contributed by atoms with van der Waals surface area (Å²) in [6.45, 7) is 4.80. The van der Waals surface area contributed by atoms with Crippen LogP contribution < -0.4 is 5.73 Å². The molecule has 0 aromatic heterocycles. The van der Waals surface area contributed by atoms with Gasteiger partial charge in [-0.05, 0) is 21.1 Å². The third kappa shape index (κ3) is 3.92. The molecule has 1 heterocycles. The van der Waals surface area contributed by atoms with Gasteiger partial charge >= 0.3 is 0 Å². The molecular weight excluding hydrogens is 178 g/mol. The highest BCUT2D eigenvalue weighted by molar-refractivity contribution is 4.80. The third-order valence-corrected chi connectivity index (χ3v) is 2.72. The fraction of sp³-hybridized carbons (Fsp3) is 1.00. The van der Waals surface area contributed by atoms with Gasteiger partial charge in [0, 0.05) is 31.6 Å². The van der Waals surface area contributed by atoms with Crippen LogP contribution in [-0.2, 0) is 4.74 Å². The summed E-state index contributed by atoms with van der Waals surface area (Å²) in [5, 5.41) is 0. The topological polar surface area (TPSA) is 41.7 Å². The number of rotatable bonds is 5. The quantitative estimate of drug-likeness (QED) is 0.648. The van der Waals surface area contributed by atoms with Gasteiger partial charge in [0.2, 0.25) is 0 Å². The van der Waals surface area contributed by atoms with Gasteiger partial charge in [-0.1, -0.05) is 0 Å². The average molecular weight is 201 g/mol. The molecule has 1 aliphatic rings. The Labute approximate surface area is 87.0 Å². The van der Waals surface area contributed by atoms with Crippen molar-refractivity contribution in [3.05, 3.63) is 0 Å². The van der Waals surface area contributed by atoms with E-state index in [-0.39, 0.29) is 6.04 Å². The standard InChI is InChI=1S/C10H23N3O/c1-12(2)4-5-13(3)6-9-7-14-8-10(9)11/h9-10H,4-8,11H2,1-3H3. The number of nitrogens with two attached hydrogens (primary N) is 1. The van der Waals surface area contributed by atoms with Crippen molar-refractivity contribution in [1.29, 1.82) is 0 Å². The minimum absolute atomic E-state index is 0.233. The van der Waals surface area contributed by atoms with Gasteiger partial charge in [0.1, 0.15) is 0 Å². The van der Waals surface area contributed by atoms with Crippen LogP contribution in [0.5, 0.6) is 0 Å². The molecule has 2 N–H and O–H groups in total. The molecule has 1 saturated heterocycles. The zero-order valence-electron chi connectivity index (χ0n) is 9.57. The van der Waals surface area contributed by atoms with Crippen molar-refractivity contribution in [3.8, 4) is 0 Å². The summed E-state index contributed by atoms with van der Waals surface area (Å²) < 4.78 is 5.33. The highest BCUT2D eigenvalue weighted by Crippen LogP contribution is 2.12. The Hall–Kier alpha value is -0.160. The molecule has 0 aromatic rings. The lowest BCUT2D eigenvalue weighted by Gasteiger charge is -2.23. The van der Waals surface area contributed by atoms with Crippen molar-refractivity contribution >= 4 is 0 Å². The number of nitrogens with zero attached hydrogens (tertiary/aromatic N) is 2. The normalized spacial score (nSPS) is 27.9. The van der Waals surface area contributed by atoms with Crippen LogP contribution in [0.25, 0.3) is 0 Å². The van der Waals surface area contributed by atoms with Gasteiger partial charge in [-0.25, -0.2) is 0 Å². The van der Waals surface area contributed by atoms with Crippen molar-refractivity contribution in [2.45, 2.75) is 6.04 Å². The molecule has 1 rings (SSSR count). The van der Waals surface area contributed by atoms with Crippen LogP contribution in [0.1, 0.15) is 0 Å². The van der Waals surface area contributed by atoms with Crippen molar-refractivity contribution in [2.24, 2.45) is 11.7 Å². The van der Waals surface area contributed by atoms with E-state index in [1.54, 1.807) is 0 Å². The molecule has 4 nitrogen and oxygen atoms in total. The Morgan fingerprint density at radius 1 is 1.21 bits per heavy atom. The first kappa shape index (κ1) is 11.9. The molecule has 0 aliphatic carbocycles. The second-order valence-electron chi connectivity index (χ2n) is 4.53. The number of ether oxygens (including phenoxy) is 1.